The van der Waals surface area contributed by atoms with E-state index in [1.54, 1.807) is 0 Å². The Morgan fingerprint density at radius 2 is 0.909 bits per heavy atom. The fraction of sp³-hybridized carbons (Fsp3) is 1.00. The summed E-state index contributed by atoms with van der Waals surface area (Å²) in [6.07, 6.45) is 11.1. The zero-order valence-electron chi connectivity index (χ0n) is 15.0. The van der Waals surface area contributed by atoms with Crippen molar-refractivity contribution in [2.45, 2.75) is 79.1 Å². The van der Waals surface area contributed by atoms with Gasteiger partial charge in [0.2, 0.25) is 0 Å². The average molecular weight is 495 g/mol. The van der Waals surface area contributed by atoms with E-state index in [9.17, 15) is 0 Å². The van der Waals surface area contributed by atoms with E-state index >= 15 is 0 Å². The van der Waals surface area contributed by atoms with Crippen LogP contribution in [0.25, 0.3) is 0 Å². The molecule has 0 aromatic carbocycles. The minimum absolute atomic E-state index is 1.35. The van der Waals surface area contributed by atoms with Gasteiger partial charge in [0.25, 0.3) is 0 Å². The Kier molecular flexibility index (Phi) is 15.9. The molecule has 0 aliphatic heterocycles. The van der Waals surface area contributed by atoms with Gasteiger partial charge in [0.1, 0.15) is 0 Å². The van der Waals surface area contributed by atoms with Crippen LogP contribution in [0.4, 0.5) is 0 Å². The molecule has 136 valence electrons. The van der Waals surface area contributed by atoms with Crippen LogP contribution in [0.2, 0.25) is 0 Å². The summed E-state index contributed by atoms with van der Waals surface area (Å²) in [5.74, 6) is 0. The van der Waals surface area contributed by atoms with E-state index in [2.05, 4.69) is 27.7 Å². The van der Waals surface area contributed by atoms with Crippen molar-refractivity contribution in [1.29, 1.82) is 3.88 Å². The predicted octanol–water partition coefficient (Wildman–Crippen LogP) is 3.59. The van der Waals surface area contributed by atoms with Crippen LogP contribution in [-0.2, 0) is 22.0 Å². The third kappa shape index (κ3) is 17.9. The van der Waals surface area contributed by atoms with Gasteiger partial charge in [-0.25, -0.2) is 0 Å². The summed E-state index contributed by atoms with van der Waals surface area (Å²) < 4.78 is 34.7. The van der Waals surface area contributed by atoms with E-state index < -0.39 is 14.9 Å². The number of rotatable bonds is 12. The van der Waals surface area contributed by atoms with Gasteiger partial charge in [-0.15, -0.1) is 0 Å². The molecule has 0 fully saturated rings. The third-order valence-electron chi connectivity index (χ3n) is 3.94. The van der Waals surface area contributed by atoms with Crippen LogP contribution in [-0.4, -0.2) is 30.7 Å². The monoisotopic (exact) mass is 496 g/mol. The molecular weight excluding hydrogens is 458 g/mol. The van der Waals surface area contributed by atoms with Crippen LogP contribution >= 0.6 is 0 Å². The number of quaternary nitrogens is 1. The SMILES string of the molecule is CCCC[N+](CCCC)(CCCC)CCCC.[N]#[Os](=[O])(=[O])[O-]. The topological polar surface area (TPSA) is 81.0 Å². The standard InChI is InChI=1S/C16H36N.N.3O.Os/c1-5-9-13-17(14-10-6-2,15-11-7-3)16-12-8-4;;;;;/h5-16H2,1-4H3;;;;;/q+1;;;;-1;. The molecule has 0 amide bonds. The van der Waals surface area contributed by atoms with Crippen molar-refractivity contribution in [1.82, 2.24) is 0 Å². The van der Waals surface area contributed by atoms with Crippen molar-refractivity contribution >= 4 is 0 Å². The molecule has 0 aliphatic rings. The third-order valence-corrected chi connectivity index (χ3v) is 3.94. The zero-order chi connectivity index (χ0) is 17.5. The average Bonchev–Trinajstić information content (AvgIpc) is 2.44. The van der Waals surface area contributed by atoms with Gasteiger partial charge in [-0.2, -0.15) is 0 Å². The summed E-state index contributed by atoms with van der Waals surface area (Å²) in [5.41, 5.74) is 0. The molecule has 0 atom stereocenters. The second-order valence-corrected chi connectivity index (χ2v) is 8.68. The van der Waals surface area contributed by atoms with Gasteiger partial charge in [0.05, 0.1) is 26.2 Å². The summed E-state index contributed by atoms with van der Waals surface area (Å²) >= 11 is -5.81. The van der Waals surface area contributed by atoms with Gasteiger partial charge in [0, 0.05) is 0 Å². The molecule has 0 saturated carbocycles. The molecule has 0 aromatic heterocycles. The van der Waals surface area contributed by atoms with E-state index in [1.807, 2.05) is 0 Å². The Labute approximate surface area is 139 Å². The molecule has 6 heteroatoms. The van der Waals surface area contributed by atoms with E-state index in [0.29, 0.717) is 0 Å². The van der Waals surface area contributed by atoms with Crippen LogP contribution < -0.4 is 3.90 Å². The number of hydrogen-bond donors (Lipinski definition) is 0. The van der Waals surface area contributed by atoms with Crippen molar-refractivity contribution in [3.8, 4) is 0 Å². The quantitative estimate of drug-likeness (QED) is 0.388. The van der Waals surface area contributed by atoms with E-state index in [0.717, 1.165) is 0 Å². The molecule has 0 unspecified atom stereocenters. The fourth-order valence-corrected chi connectivity index (χ4v) is 2.64. The Morgan fingerprint density at radius 1 is 0.727 bits per heavy atom. The van der Waals surface area contributed by atoms with Gasteiger partial charge in [0.15, 0.2) is 0 Å². The maximum absolute atomic E-state index is 8.74. The molecule has 0 radical (unpaired) electrons. The molecule has 0 aliphatic carbocycles. The second kappa shape index (κ2) is 14.5. The van der Waals surface area contributed by atoms with E-state index in [-0.39, 0.29) is 0 Å². The Hall–Kier alpha value is -0.134. The van der Waals surface area contributed by atoms with Gasteiger partial charge >= 0.3 is 29.8 Å². The van der Waals surface area contributed by atoms with Crippen molar-refractivity contribution in [3.63, 3.8) is 0 Å². The molecule has 0 heterocycles. The van der Waals surface area contributed by atoms with Gasteiger partial charge in [-0.1, -0.05) is 53.4 Å². The van der Waals surface area contributed by atoms with Crippen LogP contribution in [0.3, 0.4) is 0 Å². The first-order chi connectivity index (χ1) is 10.2. The molecule has 0 rings (SSSR count). The van der Waals surface area contributed by atoms with Gasteiger partial charge in [-0.3, -0.25) is 0 Å². The normalized spacial score (nSPS) is 11.8. The number of nitrogens with zero attached hydrogens (tertiary/aromatic N) is 2. The van der Waals surface area contributed by atoms with Crippen LogP contribution in [0.1, 0.15) is 79.1 Å². The van der Waals surface area contributed by atoms with Crippen molar-refractivity contribution in [2.24, 2.45) is 0 Å². The summed E-state index contributed by atoms with van der Waals surface area (Å²) in [6.45, 7) is 15.0. The van der Waals surface area contributed by atoms with Crippen LogP contribution in [0, 0.1) is 3.88 Å². The van der Waals surface area contributed by atoms with Gasteiger partial charge in [-0.05, 0) is 25.7 Å². The Morgan fingerprint density at radius 3 is 1.05 bits per heavy atom. The summed E-state index contributed by atoms with van der Waals surface area (Å²) in [6, 6.07) is 0. The molecule has 0 spiro atoms. The molecule has 5 nitrogen and oxygen atoms in total. The predicted molar refractivity (Wildman–Crippen MR) is 82.5 cm³/mol. The van der Waals surface area contributed by atoms with Crippen molar-refractivity contribution < 1.29 is 30.4 Å². The Bertz CT molecular complexity index is 425. The van der Waals surface area contributed by atoms with Crippen molar-refractivity contribution in [3.05, 3.63) is 0 Å². The fourth-order valence-electron chi connectivity index (χ4n) is 2.64. The first-order valence-electron chi connectivity index (χ1n) is 8.68. The Balaban J connectivity index is 0. The minimum atomic E-state index is -5.81. The van der Waals surface area contributed by atoms with Gasteiger partial charge < -0.3 is 4.48 Å². The summed E-state index contributed by atoms with van der Waals surface area (Å²) in [7, 11) is 0. The molecule has 0 aromatic rings. The molecule has 0 bridgehead atoms. The number of hydrogen-bond acceptors (Lipinski definition) is 4. The molecule has 22 heavy (non-hydrogen) atoms. The van der Waals surface area contributed by atoms with Crippen LogP contribution in [0.15, 0.2) is 0 Å². The molecule has 0 N–H and O–H groups in total. The first kappa shape index (κ1) is 24.1. The van der Waals surface area contributed by atoms with E-state index in [1.165, 1.54) is 82.0 Å². The maximum atomic E-state index is 8.74. The summed E-state index contributed by atoms with van der Waals surface area (Å²) in [5, 5.41) is 0. The second-order valence-electron chi connectivity index (χ2n) is 6.02. The first-order valence-corrected chi connectivity index (χ1v) is 12.9. The number of unbranched alkanes of at least 4 members (excludes halogenated alkanes) is 4. The van der Waals surface area contributed by atoms with E-state index in [4.69, 9.17) is 14.9 Å². The van der Waals surface area contributed by atoms with Crippen molar-refractivity contribution in [2.75, 3.05) is 26.2 Å². The zero-order valence-corrected chi connectivity index (χ0v) is 17.5. The van der Waals surface area contributed by atoms with Crippen LogP contribution in [0.5, 0.6) is 0 Å². The summed E-state index contributed by atoms with van der Waals surface area (Å²) in [4.78, 5) is 0. The molecular formula is C16H36N2O3Os. The molecule has 0 saturated heterocycles.